The highest BCUT2D eigenvalue weighted by Gasteiger charge is 2.52. The average molecular weight is 677 g/mol. The summed E-state index contributed by atoms with van der Waals surface area (Å²) in [4.78, 5) is 18.7. The molecule has 1 N–H and O–H groups in total. The number of hydrogen-bond acceptors (Lipinski definition) is 8. The molecule has 13 heteroatoms. The number of terminal acetylenes is 1. The molecule has 0 radical (unpaired) electrons. The van der Waals surface area contributed by atoms with Crippen LogP contribution in [0.1, 0.15) is 49.8 Å². The van der Waals surface area contributed by atoms with Crippen molar-refractivity contribution in [2.75, 3.05) is 31.1 Å². The number of fused-ring (bicyclic) bond motifs is 7. The minimum absolute atomic E-state index is 0.00816. The number of anilines is 1. The number of pyridine rings is 1. The smallest absolute Gasteiger partial charge is 0.461 e. The first-order chi connectivity index (χ1) is 23.6. The van der Waals surface area contributed by atoms with E-state index in [1.807, 2.05) is 4.90 Å². The van der Waals surface area contributed by atoms with Gasteiger partial charge in [-0.3, -0.25) is 9.64 Å². The van der Waals surface area contributed by atoms with E-state index in [-0.39, 0.29) is 60.5 Å². The Kier molecular flexibility index (Phi) is 7.06. The molecule has 0 aliphatic carbocycles. The van der Waals surface area contributed by atoms with Gasteiger partial charge in [0.05, 0.1) is 28.3 Å². The van der Waals surface area contributed by atoms with Crippen molar-refractivity contribution < 1.29 is 31.4 Å². The van der Waals surface area contributed by atoms with Crippen molar-refractivity contribution in [3.8, 4) is 29.6 Å². The Morgan fingerprint density at radius 3 is 2.76 bits per heavy atom. The Morgan fingerprint density at radius 1 is 1.04 bits per heavy atom. The zero-order chi connectivity index (χ0) is 33.7. The fraction of sp³-hybridized carbons (Fsp3) is 0.472. The van der Waals surface area contributed by atoms with E-state index in [0.29, 0.717) is 59.2 Å². The van der Waals surface area contributed by atoms with Crippen LogP contribution in [0.15, 0.2) is 30.3 Å². The highest BCUT2D eigenvalue weighted by molar-refractivity contribution is 6.02. The van der Waals surface area contributed by atoms with Gasteiger partial charge in [-0.1, -0.05) is 30.2 Å². The highest BCUT2D eigenvalue weighted by Crippen LogP contribution is 2.45. The van der Waals surface area contributed by atoms with E-state index in [2.05, 4.69) is 25.9 Å². The maximum Gasteiger partial charge on any atom is 0.522 e. The standard InChI is InChI=1S/C36H33F5N6O2/c1-2-22-24(37)9-7-19-5-3-6-23(28(19)22)31-30(38)32-29-26(43-31)11-12-27-25-10-8-20(42-25)16-47(27)33(29)45-34(44-32)48-18-35-13-4-14-46(35)17-21(15-35)49-36(39,40)41/h1,3,5-7,9,20-21,25,27,42H,4,8,10-18H2/t20-,21?,25+,27-,35?/m1/s1. The van der Waals surface area contributed by atoms with Crippen molar-refractivity contribution in [2.24, 2.45) is 0 Å². The van der Waals surface area contributed by atoms with Crippen LogP contribution in [0.5, 0.6) is 6.01 Å². The third kappa shape index (κ3) is 5.02. The van der Waals surface area contributed by atoms with Crippen molar-refractivity contribution in [3.63, 3.8) is 0 Å². The lowest BCUT2D eigenvalue weighted by Crippen LogP contribution is -2.58. The van der Waals surface area contributed by atoms with Crippen molar-refractivity contribution >= 4 is 27.5 Å². The van der Waals surface area contributed by atoms with Gasteiger partial charge in [0.15, 0.2) is 5.82 Å². The van der Waals surface area contributed by atoms with Crippen LogP contribution in [0.25, 0.3) is 32.9 Å². The van der Waals surface area contributed by atoms with Gasteiger partial charge in [-0.25, -0.2) is 13.8 Å². The lowest BCUT2D eigenvalue weighted by atomic mass is 9.94. The number of rotatable bonds is 5. The van der Waals surface area contributed by atoms with Crippen molar-refractivity contribution in [3.05, 3.63) is 53.2 Å². The molecular weight excluding hydrogens is 643 g/mol. The van der Waals surface area contributed by atoms with Gasteiger partial charge in [-0.15, -0.1) is 19.6 Å². The van der Waals surface area contributed by atoms with Crippen molar-refractivity contribution in [1.82, 2.24) is 25.2 Å². The molecule has 2 bridgehead atoms. The molecule has 0 amide bonds. The summed E-state index contributed by atoms with van der Waals surface area (Å²) < 4.78 is 82.2. The molecule has 2 aromatic carbocycles. The number of nitrogens with zero attached hydrogens (tertiary/aromatic N) is 5. The molecule has 4 aromatic rings. The molecule has 49 heavy (non-hydrogen) atoms. The lowest BCUT2D eigenvalue weighted by molar-refractivity contribution is -0.340. The summed E-state index contributed by atoms with van der Waals surface area (Å²) in [5.41, 5.74) is 0.383. The van der Waals surface area contributed by atoms with Crippen LogP contribution < -0.4 is 15.0 Å². The predicted octanol–water partition coefficient (Wildman–Crippen LogP) is 5.88. The van der Waals surface area contributed by atoms with E-state index >= 15 is 4.39 Å². The number of piperazine rings is 1. The molecule has 5 aliphatic heterocycles. The van der Waals surface area contributed by atoms with Gasteiger partial charge < -0.3 is 15.0 Å². The van der Waals surface area contributed by atoms with E-state index in [9.17, 15) is 17.6 Å². The van der Waals surface area contributed by atoms with Gasteiger partial charge in [0.2, 0.25) is 0 Å². The number of ether oxygens (including phenoxy) is 2. The molecule has 254 valence electrons. The first-order valence-electron chi connectivity index (χ1n) is 16.8. The summed E-state index contributed by atoms with van der Waals surface area (Å²) in [7, 11) is 0. The molecule has 0 spiro atoms. The van der Waals surface area contributed by atoms with E-state index in [1.165, 1.54) is 6.07 Å². The summed E-state index contributed by atoms with van der Waals surface area (Å²) in [6, 6.07) is 8.67. The molecule has 8 nitrogen and oxygen atoms in total. The second-order valence-electron chi connectivity index (χ2n) is 14.0. The number of aromatic nitrogens is 3. The van der Waals surface area contributed by atoms with Crippen LogP contribution in [-0.4, -0.2) is 82.2 Å². The van der Waals surface area contributed by atoms with E-state index in [4.69, 9.17) is 21.1 Å². The second kappa shape index (κ2) is 11.2. The summed E-state index contributed by atoms with van der Waals surface area (Å²) in [5.74, 6) is 1.70. The van der Waals surface area contributed by atoms with E-state index in [1.54, 1.807) is 24.3 Å². The summed E-state index contributed by atoms with van der Waals surface area (Å²) in [5, 5.41) is 5.27. The average Bonchev–Trinajstić information content (AvgIpc) is 3.71. The van der Waals surface area contributed by atoms with Crippen LogP contribution in [0.2, 0.25) is 0 Å². The Morgan fingerprint density at radius 2 is 1.92 bits per heavy atom. The van der Waals surface area contributed by atoms with E-state index in [0.717, 1.165) is 25.7 Å². The topological polar surface area (TPSA) is 75.6 Å². The van der Waals surface area contributed by atoms with Gasteiger partial charge in [0.25, 0.3) is 0 Å². The van der Waals surface area contributed by atoms with Gasteiger partial charge in [0, 0.05) is 42.2 Å². The fourth-order valence-corrected chi connectivity index (χ4v) is 9.24. The SMILES string of the molecule is C#Cc1c(F)ccc2cccc(-c3nc4c5c(nc(OCC67CCCN6CC(OC(F)(F)F)C7)nc5c3F)N3C[C@H]5CC[C@H](N5)[C@H]3CC4)c12. The Hall–Kier alpha value is -4.12. The quantitative estimate of drug-likeness (QED) is 0.208. The molecule has 9 rings (SSSR count). The molecule has 4 fully saturated rings. The fourth-order valence-electron chi connectivity index (χ4n) is 9.24. The van der Waals surface area contributed by atoms with Gasteiger partial charge in [-0.05, 0) is 62.9 Å². The Bertz CT molecular complexity index is 2050. The van der Waals surface area contributed by atoms with Crippen LogP contribution >= 0.6 is 0 Å². The lowest BCUT2D eigenvalue weighted by Gasteiger charge is -2.41. The normalized spacial score (nSPS) is 27.7. The van der Waals surface area contributed by atoms with Gasteiger partial charge >= 0.3 is 12.4 Å². The first-order valence-corrected chi connectivity index (χ1v) is 16.8. The molecule has 5 atom stereocenters. The largest absolute Gasteiger partial charge is 0.522 e. The number of halogens is 5. The maximum absolute atomic E-state index is 17.1. The number of hydrogen-bond donors (Lipinski definition) is 1. The molecular formula is C36H33F5N6O2. The predicted molar refractivity (Wildman–Crippen MR) is 172 cm³/mol. The van der Waals surface area contributed by atoms with Crippen LogP contribution in [0, 0.1) is 24.0 Å². The molecule has 2 aromatic heterocycles. The first kappa shape index (κ1) is 30.9. The monoisotopic (exact) mass is 676 g/mol. The molecule has 4 saturated heterocycles. The Balaban J connectivity index is 1.18. The third-order valence-electron chi connectivity index (χ3n) is 11.3. The van der Waals surface area contributed by atoms with Crippen LogP contribution in [0.3, 0.4) is 0 Å². The second-order valence-corrected chi connectivity index (χ2v) is 14.0. The van der Waals surface area contributed by atoms with Gasteiger partial charge in [0.1, 0.15) is 29.5 Å². The zero-order valence-electron chi connectivity index (χ0n) is 26.5. The minimum Gasteiger partial charge on any atom is -0.461 e. The number of nitrogens with one attached hydrogen (secondary N) is 1. The number of alkyl halides is 3. The summed E-state index contributed by atoms with van der Waals surface area (Å²) in [6.07, 6.45) is 4.97. The van der Waals surface area contributed by atoms with Crippen molar-refractivity contribution in [1.29, 1.82) is 0 Å². The third-order valence-corrected chi connectivity index (χ3v) is 11.3. The number of aryl methyl sites for hydroxylation is 1. The maximum atomic E-state index is 17.1. The van der Waals surface area contributed by atoms with E-state index < -0.39 is 29.6 Å². The number of benzene rings is 2. The molecule has 5 aliphatic rings. The zero-order valence-corrected chi connectivity index (χ0v) is 26.5. The van der Waals surface area contributed by atoms with Crippen LogP contribution in [-0.2, 0) is 11.2 Å². The van der Waals surface area contributed by atoms with Gasteiger partial charge in [-0.2, -0.15) is 9.97 Å². The summed E-state index contributed by atoms with van der Waals surface area (Å²) >= 11 is 0. The molecule has 0 saturated carbocycles. The highest BCUT2D eigenvalue weighted by atomic mass is 19.4. The Labute approximate surface area is 279 Å². The molecule has 7 heterocycles. The molecule has 2 unspecified atom stereocenters. The van der Waals surface area contributed by atoms with Crippen molar-refractivity contribution in [2.45, 2.75) is 81.1 Å². The summed E-state index contributed by atoms with van der Waals surface area (Å²) in [6.45, 7) is 1.49. The minimum atomic E-state index is -4.73. The van der Waals surface area contributed by atoms with Crippen LogP contribution in [0.4, 0.5) is 27.8 Å².